The molecule has 2 amide bonds. The van der Waals surface area contributed by atoms with Crippen molar-refractivity contribution in [1.29, 1.82) is 0 Å². The van der Waals surface area contributed by atoms with Gasteiger partial charge in [-0.15, -0.1) is 0 Å². The van der Waals surface area contributed by atoms with Gasteiger partial charge < -0.3 is 5.32 Å². The van der Waals surface area contributed by atoms with Crippen LogP contribution in [0, 0.1) is 0 Å². The number of hydrogen-bond donors (Lipinski definition) is 1. The fourth-order valence-corrected chi connectivity index (χ4v) is 3.79. The van der Waals surface area contributed by atoms with Crippen LogP contribution in [0.3, 0.4) is 0 Å². The van der Waals surface area contributed by atoms with Gasteiger partial charge in [0.1, 0.15) is 0 Å². The number of fused-ring (bicyclic) bond motifs is 2. The first-order chi connectivity index (χ1) is 13.5. The van der Waals surface area contributed by atoms with Gasteiger partial charge in [-0.25, -0.2) is 4.98 Å². The number of pyridine rings is 1. The van der Waals surface area contributed by atoms with Gasteiger partial charge in [-0.05, 0) is 38.1 Å². The lowest BCUT2D eigenvalue weighted by Gasteiger charge is -2.37. The topological polar surface area (TPSA) is 68.8 Å². The van der Waals surface area contributed by atoms with Crippen LogP contribution in [-0.4, -0.2) is 65.4 Å². The van der Waals surface area contributed by atoms with Crippen molar-refractivity contribution in [2.45, 2.75) is 19.9 Å². The first-order valence-electron chi connectivity index (χ1n) is 9.69. The van der Waals surface area contributed by atoms with E-state index in [4.69, 9.17) is 0 Å². The molecule has 2 aliphatic heterocycles. The van der Waals surface area contributed by atoms with Gasteiger partial charge in [-0.2, -0.15) is 0 Å². The van der Waals surface area contributed by atoms with E-state index in [1.165, 1.54) is 0 Å². The Kier molecular flexibility index (Phi) is 5.11. The van der Waals surface area contributed by atoms with Gasteiger partial charge in [-0.3, -0.25) is 24.3 Å². The Hall–Kier alpha value is -2.77. The molecule has 0 spiro atoms. The highest BCUT2D eigenvalue weighted by molar-refractivity contribution is 6.17. The molecule has 1 aromatic carbocycles. The molecule has 1 saturated heterocycles. The molecule has 0 unspecified atom stereocenters. The molecule has 7 nitrogen and oxygen atoms in total. The molecule has 4 rings (SSSR count). The van der Waals surface area contributed by atoms with Crippen LogP contribution in [0.1, 0.15) is 24.2 Å². The van der Waals surface area contributed by atoms with Gasteiger partial charge in [0.15, 0.2) is 5.82 Å². The van der Waals surface area contributed by atoms with Crippen molar-refractivity contribution < 1.29 is 9.59 Å². The molecule has 3 heterocycles. The molecule has 0 bridgehead atoms. The third-order valence-electron chi connectivity index (χ3n) is 5.38. The van der Waals surface area contributed by atoms with Gasteiger partial charge in [0.05, 0.1) is 23.5 Å². The molecule has 7 heteroatoms. The normalized spacial score (nSPS) is 17.7. The minimum absolute atomic E-state index is 0.0816. The number of carbonyl (C=O) groups is 2. The van der Waals surface area contributed by atoms with Crippen molar-refractivity contribution in [2.75, 3.05) is 42.9 Å². The predicted molar refractivity (Wildman–Crippen MR) is 109 cm³/mol. The second-order valence-electron chi connectivity index (χ2n) is 7.48. The summed E-state index contributed by atoms with van der Waals surface area (Å²) in [6.45, 7) is 8.30. The summed E-state index contributed by atoms with van der Waals surface area (Å²) < 4.78 is 0. The van der Waals surface area contributed by atoms with Crippen molar-refractivity contribution >= 4 is 29.0 Å². The van der Waals surface area contributed by atoms with Crippen LogP contribution in [0.4, 0.5) is 17.2 Å². The zero-order chi connectivity index (χ0) is 19.7. The van der Waals surface area contributed by atoms with E-state index in [9.17, 15) is 9.59 Å². The van der Waals surface area contributed by atoms with Crippen molar-refractivity contribution in [3.05, 3.63) is 48.2 Å². The number of rotatable bonds is 3. The van der Waals surface area contributed by atoms with E-state index in [1.54, 1.807) is 41.4 Å². The van der Waals surface area contributed by atoms with Gasteiger partial charge in [0, 0.05) is 38.4 Å². The lowest BCUT2D eigenvalue weighted by atomic mass is 10.1. The summed E-state index contributed by atoms with van der Waals surface area (Å²) in [7, 11) is 0. The second kappa shape index (κ2) is 7.69. The minimum atomic E-state index is -0.231. The molecular weight excluding hydrogens is 354 g/mol. The number of aromatic nitrogens is 1. The molecule has 1 aromatic heterocycles. The summed E-state index contributed by atoms with van der Waals surface area (Å²) in [5.41, 5.74) is 1.59. The lowest BCUT2D eigenvalue weighted by molar-refractivity contribution is -0.119. The predicted octanol–water partition coefficient (Wildman–Crippen LogP) is 2.34. The van der Waals surface area contributed by atoms with Crippen molar-refractivity contribution in [1.82, 2.24) is 14.8 Å². The summed E-state index contributed by atoms with van der Waals surface area (Å²) in [6, 6.07) is 11.2. The highest BCUT2D eigenvalue weighted by atomic mass is 16.2. The number of amides is 2. The van der Waals surface area contributed by atoms with Crippen LogP contribution in [-0.2, 0) is 4.79 Å². The Balaban J connectivity index is 1.62. The first kappa shape index (κ1) is 18.6. The fourth-order valence-electron chi connectivity index (χ4n) is 3.79. The monoisotopic (exact) mass is 379 g/mol. The smallest absolute Gasteiger partial charge is 0.257 e. The summed E-state index contributed by atoms with van der Waals surface area (Å²) >= 11 is 0. The van der Waals surface area contributed by atoms with Crippen LogP contribution in [0.2, 0.25) is 0 Å². The second-order valence-corrected chi connectivity index (χ2v) is 7.48. The van der Waals surface area contributed by atoms with E-state index in [1.807, 2.05) is 6.07 Å². The van der Waals surface area contributed by atoms with Crippen LogP contribution < -0.4 is 10.2 Å². The Morgan fingerprint density at radius 2 is 1.86 bits per heavy atom. The quantitative estimate of drug-likeness (QED) is 0.887. The molecule has 0 atom stereocenters. The third-order valence-corrected chi connectivity index (χ3v) is 5.38. The SMILES string of the molecule is CC(C)N1CCN(CC(=O)N2c3ccccc3C(=O)Nc3cccnc32)CC1. The zero-order valence-corrected chi connectivity index (χ0v) is 16.3. The molecule has 2 aliphatic rings. The molecule has 2 aromatic rings. The highest BCUT2D eigenvalue weighted by Gasteiger charge is 2.31. The molecule has 28 heavy (non-hydrogen) atoms. The standard InChI is InChI=1S/C21H25N5O2/c1-15(2)25-12-10-24(11-13-25)14-19(27)26-18-8-4-3-6-16(18)21(28)23-17-7-5-9-22-20(17)26/h3-9,15H,10-14H2,1-2H3,(H,23,28). The number of piperazine rings is 1. The molecule has 146 valence electrons. The molecular formula is C21H25N5O2. The van der Waals surface area contributed by atoms with Gasteiger partial charge >= 0.3 is 0 Å². The molecule has 0 saturated carbocycles. The first-order valence-corrected chi connectivity index (χ1v) is 9.69. The Bertz CT molecular complexity index is 890. The summed E-state index contributed by atoms with van der Waals surface area (Å²) in [5.74, 6) is 0.152. The number of carbonyl (C=O) groups excluding carboxylic acids is 2. The summed E-state index contributed by atoms with van der Waals surface area (Å²) in [5, 5.41) is 2.87. The largest absolute Gasteiger partial charge is 0.319 e. The van der Waals surface area contributed by atoms with Crippen molar-refractivity contribution in [3.63, 3.8) is 0 Å². The Labute approximate surface area is 164 Å². The summed E-state index contributed by atoms with van der Waals surface area (Å²) in [4.78, 5) is 36.6. The lowest BCUT2D eigenvalue weighted by Crippen LogP contribution is -2.51. The number of para-hydroxylation sites is 1. The Morgan fingerprint density at radius 3 is 2.61 bits per heavy atom. The highest BCUT2D eigenvalue weighted by Crippen LogP contribution is 2.36. The summed E-state index contributed by atoms with van der Waals surface area (Å²) in [6.07, 6.45) is 1.64. The van der Waals surface area contributed by atoms with E-state index in [2.05, 4.69) is 33.9 Å². The van der Waals surface area contributed by atoms with Crippen LogP contribution >= 0.6 is 0 Å². The molecule has 1 fully saturated rings. The number of anilines is 3. The maximum atomic E-state index is 13.4. The number of nitrogens with zero attached hydrogens (tertiary/aromatic N) is 4. The number of nitrogens with one attached hydrogen (secondary N) is 1. The fraction of sp³-hybridized carbons (Fsp3) is 0.381. The van der Waals surface area contributed by atoms with E-state index < -0.39 is 0 Å². The maximum Gasteiger partial charge on any atom is 0.257 e. The van der Waals surface area contributed by atoms with E-state index >= 15 is 0 Å². The van der Waals surface area contributed by atoms with Gasteiger partial charge in [-0.1, -0.05) is 12.1 Å². The van der Waals surface area contributed by atoms with E-state index in [-0.39, 0.29) is 11.8 Å². The average molecular weight is 379 g/mol. The molecule has 1 N–H and O–H groups in total. The third kappa shape index (κ3) is 3.50. The van der Waals surface area contributed by atoms with Crippen molar-refractivity contribution in [3.8, 4) is 0 Å². The number of benzene rings is 1. The van der Waals surface area contributed by atoms with Gasteiger partial charge in [0.2, 0.25) is 5.91 Å². The van der Waals surface area contributed by atoms with Crippen LogP contribution in [0.5, 0.6) is 0 Å². The maximum absolute atomic E-state index is 13.4. The number of hydrogen-bond acceptors (Lipinski definition) is 5. The van der Waals surface area contributed by atoms with E-state index in [0.29, 0.717) is 35.3 Å². The molecule has 0 aliphatic carbocycles. The van der Waals surface area contributed by atoms with E-state index in [0.717, 1.165) is 26.2 Å². The minimum Gasteiger partial charge on any atom is -0.319 e. The zero-order valence-electron chi connectivity index (χ0n) is 16.3. The molecule has 0 radical (unpaired) electrons. The van der Waals surface area contributed by atoms with Crippen molar-refractivity contribution in [2.24, 2.45) is 0 Å². The van der Waals surface area contributed by atoms with Gasteiger partial charge in [0.25, 0.3) is 5.91 Å². The Morgan fingerprint density at radius 1 is 1.11 bits per heavy atom. The van der Waals surface area contributed by atoms with Crippen LogP contribution in [0.15, 0.2) is 42.6 Å². The average Bonchev–Trinajstić information content (AvgIpc) is 2.82. The van der Waals surface area contributed by atoms with Crippen LogP contribution in [0.25, 0.3) is 0 Å².